The average Bonchev–Trinajstić information content (AvgIpc) is 2.96. The summed E-state index contributed by atoms with van der Waals surface area (Å²) < 4.78 is 31.2. The Hall–Kier alpha value is -1.40. The molecule has 1 unspecified atom stereocenters. The molecule has 0 saturated carbocycles. The quantitative estimate of drug-likeness (QED) is 0.775. The maximum Gasteiger partial charge on any atom is 0.310 e. The summed E-state index contributed by atoms with van der Waals surface area (Å²) in [6.07, 6.45) is 1.29. The number of ether oxygens (including phenoxy) is 1. The largest absolute Gasteiger partial charge is 0.465 e. The molecule has 1 fully saturated rings. The molecule has 0 N–H and O–H groups in total. The molecule has 1 saturated heterocycles. The summed E-state index contributed by atoms with van der Waals surface area (Å²) >= 11 is 0. The molecule has 1 aliphatic rings. The molecule has 0 spiro atoms. The van der Waals surface area contributed by atoms with Crippen LogP contribution in [0.3, 0.4) is 0 Å². The van der Waals surface area contributed by atoms with Gasteiger partial charge in [-0.25, -0.2) is 8.42 Å². The van der Waals surface area contributed by atoms with Gasteiger partial charge in [0.05, 0.1) is 17.4 Å². The second kappa shape index (κ2) is 6.37. The van der Waals surface area contributed by atoms with E-state index < -0.39 is 10.0 Å². The van der Waals surface area contributed by atoms with E-state index in [0.29, 0.717) is 19.6 Å². The SMILES string of the molecule is CCCOC(=O)C1CCN(S(=O)(=O)c2ccccc2)C1. The Morgan fingerprint density at radius 2 is 2.05 bits per heavy atom. The van der Waals surface area contributed by atoms with Crippen molar-refractivity contribution in [3.05, 3.63) is 30.3 Å². The summed E-state index contributed by atoms with van der Waals surface area (Å²) in [7, 11) is -3.50. The molecule has 6 heteroatoms. The Morgan fingerprint density at radius 1 is 1.35 bits per heavy atom. The molecule has 0 amide bonds. The minimum atomic E-state index is -3.50. The van der Waals surface area contributed by atoms with E-state index in [1.165, 1.54) is 4.31 Å². The first-order valence-electron chi connectivity index (χ1n) is 6.77. The highest BCUT2D eigenvalue weighted by Gasteiger charge is 2.36. The zero-order chi connectivity index (χ0) is 14.6. The van der Waals surface area contributed by atoms with Crippen molar-refractivity contribution < 1.29 is 17.9 Å². The van der Waals surface area contributed by atoms with Crippen LogP contribution in [-0.2, 0) is 19.6 Å². The Morgan fingerprint density at radius 3 is 2.70 bits per heavy atom. The minimum absolute atomic E-state index is 0.208. The van der Waals surface area contributed by atoms with Crippen molar-refractivity contribution in [2.24, 2.45) is 5.92 Å². The normalized spacial score (nSPS) is 19.9. The smallest absolute Gasteiger partial charge is 0.310 e. The molecule has 0 aromatic heterocycles. The van der Waals surface area contributed by atoms with Crippen molar-refractivity contribution >= 4 is 16.0 Å². The average molecular weight is 297 g/mol. The molecule has 20 heavy (non-hydrogen) atoms. The van der Waals surface area contributed by atoms with Gasteiger partial charge in [-0.15, -0.1) is 0 Å². The third-order valence-electron chi connectivity index (χ3n) is 3.31. The maximum absolute atomic E-state index is 12.4. The van der Waals surface area contributed by atoms with E-state index in [1.54, 1.807) is 30.3 Å². The lowest BCUT2D eigenvalue weighted by Crippen LogP contribution is -2.30. The van der Waals surface area contributed by atoms with Crippen molar-refractivity contribution in [3.63, 3.8) is 0 Å². The second-order valence-corrected chi connectivity index (χ2v) is 6.77. The summed E-state index contributed by atoms with van der Waals surface area (Å²) in [6.45, 7) is 2.89. The standard InChI is InChI=1S/C14H19NO4S/c1-2-10-19-14(16)12-8-9-15(11-12)20(17,18)13-6-4-3-5-7-13/h3-7,12H,2,8-11H2,1H3. The van der Waals surface area contributed by atoms with Crippen molar-refractivity contribution in [3.8, 4) is 0 Å². The fourth-order valence-corrected chi connectivity index (χ4v) is 3.72. The van der Waals surface area contributed by atoms with Gasteiger partial charge in [-0.05, 0) is 25.0 Å². The topological polar surface area (TPSA) is 63.7 Å². The van der Waals surface area contributed by atoms with Gasteiger partial charge >= 0.3 is 5.97 Å². The lowest BCUT2D eigenvalue weighted by atomic mass is 10.1. The van der Waals surface area contributed by atoms with Crippen LogP contribution in [0.25, 0.3) is 0 Å². The first-order chi connectivity index (χ1) is 9.55. The Kier molecular flexibility index (Phi) is 4.77. The summed E-state index contributed by atoms with van der Waals surface area (Å²) in [5.41, 5.74) is 0. The fraction of sp³-hybridized carbons (Fsp3) is 0.500. The Labute approximate surface area is 119 Å². The predicted molar refractivity (Wildman–Crippen MR) is 74.6 cm³/mol. The van der Waals surface area contributed by atoms with Gasteiger partial charge in [0.15, 0.2) is 0 Å². The van der Waals surface area contributed by atoms with Gasteiger partial charge in [-0.2, -0.15) is 4.31 Å². The fourth-order valence-electron chi connectivity index (χ4n) is 2.20. The lowest BCUT2D eigenvalue weighted by Gasteiger charge is -2.16. The van der Waals surface area contributed by atoms with E-state index in [9.17, 15) is 13.2 Å². The molecular formula is C14H19NO4S. The third kappa shape index (κ3) is 3.19. The summed E-state index contributed by atoms with van der Waals surface area (Å²) in [5.74, 6) is -0.641. The molecule has 110 valence electrons. The number of carbonyl (C=O) groups is 1. The van der Waals surface area contributed by atoms with Crippen LogP contribution in [-0.4, -0.2) is 38.4 Å². The van der Waals surface area contributed by atoms with Crippen LogP contribution in [0.5, 0.6) is 0 Å². The van der Waals surface area contributed by atoms with E-state index in [1.807, 2.05) is 6.92 Å². The summed E-state index contributed by atoms with van der Waals surface area (Å²) in [5, 5.41) is 0. The highest BCUT2D eigenvalue weighted by Crippen LogP contribution is 2.24. The van der Waals surface area contributed by atoms with Crippen molar-refractivity contribution in [2.45, 2.75) is 24.7 Å². The van der Waals surface area contributed by atoms with Gasteiger partial charge in [0, 0.05) is 13.1 Å². The molecule has 0 bridgehead atoms. The van der Waals surface area contributed by atoms with Crippen molar-refractivity contribution in [1.82, 2.24) is 4.31 Å². The number of hydrogen-bond donors (Lipinski definition) is 0. The number of esters is 1. The highest BCUT2D eigenvalue weighted by molar-refractivity contribution is 7.89. The van der Waals surface area contributed by atoms with Crippen LogP contribution >= 0.6 is 0 Å². The number of benzene rings is 1. The van der Waals surface area contributed by atoms with Gasteiger partial charge < -0.3 is 4.74 Å². The predicted octanol–water partition coefficient (Wildman–Crippen LogP) is 1.65. The van der Waals surface area contributed by atoms with Gasteiger partial charge in [-0.1, -0.05) is 25.1 Å². The van der Waals surface area contributed by atoms with Gasteiger partial charge in [-0.3, -0.25) is 4.79 Å². The molecule has 1 aromatic rings. The Bertz CT molecular complexity index is 556. The number of hydrogen-bond acceptors (Lipinski definition) is 4. The number of sulfonamides is 1. The highest BCUT2D eigenvalue weighted by atomic mass is 32.2. The van der Waals surface area contributed by atoms with Gasteiger partial charge in [0.2, 0.25) is 10.0 Å². The van der Waals surface area contributed by atoms with Crippen LogP contribution in [0, 0.1) is 5.92 Å². The molecule has 1 heterocycles. The number of rotatable bonds is 5. The zero-order valence-corrected chi connectivity index (χ0v) is 12.3. The molecule has 1 atom stereocenters. The van der Waals surface area contributed by atoms with Crippen LogP contribution < -0.4 is 0 Å². The molecule has 2 rings (SSSR count). The minimum Gasteiger partial charge on any atom is -0.465 e. The third-order valence-corrected chi connectivity index (χ3v) is 5.19. The van der Waals surface area contributed by atoms with Crippen LogP contribution in [0.4, 0.5) is 0 Å². The van der Waals surface area contributed by atoms with Crippen LogP contribution in [0.15, 0.2) is 35.2 Å². The number of nitrogens with zero attached hydrogens (tertiary/aromatic N) is 1. The van der Waals surface area contributed by atoms with E-state index in [4.69, 9.17) is 4.74 Å². The van der Waals surface area contributed by atoms with Crippen molar-refractivity contribution in [1.29, 1.82) is 0 Å². The second-order valence-electron chi connectivity index (χ2n) is 4.83. The van der Waals surface area contributed by atoms with Crippen molar-refractivity contribution in [2.75, 3.05) is 19.7 Å². The molecule has 1 aliphatic heterocycles. The molecule has 5 nitrogen and oxygen atoms in total. The molecule has 0 aliphatic carbocycles. The van der Waals surface area contributed by atoms with E-state index in [0.717, 1.165) is 6.42 Å². The van der Waals surface area contributed by atoms with E-state index in [-0.39, 0.29) is 23.3 Å². The first kappa shape index (κ1) is 15.0. The molecule has 1 aromatic carbocycles. The maximum atomic E-state index is 12.4. The van der Waals surface area contributed by atoms with Gasteiger partial charge in [0.25, 0.3) is 0 Å². The van der Waals surface area contributed by atoms with Gasteiger partial charge in [0.1, 0.15) is 0 Å². The Balaban J connectivity index is 2.04. The lowest BCUT2D eigenvalue weighted by molar-refractivity contribution is -0.147. The first-order valence-corrected chi connectivity index (χ1v) is 8.21. The number of carbonyl (C=O) groups excluding carboxylic acids is 1. The van der Waals surface area contributed by atoms with Crippen LogP contribution in [0.2, 0.25) is 0 Å². The van der Waals surface area contributed by atoms with Crippen LogP contribution in [0.1, 0.15) is 19.8 Å². The van der Waals surface area contributed by atoms with E-state index >= 15 is 0 Å². The molecular weight excluding hydrogens is 278 g/mol. The zero-order valence-electron chi connectivity index (χ0n) is 11.5. The summed E-state index contributed by atoms with van der Waals surface area (Å²) in [6, 6.07) is 8.29. The van der Waals surface area contributed by atoms with E-state index in [2.05, 4.69) is 0 Å². The summed E-state index contributed by atoms with van der Waals surface area (Å²) in [4.78, 5) is 12.0. The monoisotopic (exact) mass is 297 g/mol. The molecule has 0 radical (unpaired) electrons.